The van der Waals surface area contributed by atoms with Crippen LogP contribution in [0, 0.1) is 6.92 Å². The van der Waals surface area contributed by atoms with Gasteiger partial charge in [0.05, 0.1) is 6.61 Å². The maximum Gasteiger partial charge on any atom is 0.344 e. The van der Waals surface area contributed by atoms with Gasteiger partial charge < -0.3 is 20.1 Å². The van der Waals surface area contributed by atoms with E-state index in [2.05, 4.69) is 10.6 Å². The number of urea groups is 1. The molecule has 9 heteroatoms. The fourth-order valence-electron chi connectivity index (χ4n) is 2.92. The summed E-state index contributed by atoms with van der Waals surface area (Å²) in [7, 11) is 0. The normalized spacial score (nSPS) is 14.3. The van der Waals surface area contributed by atoms with Crippen LogP contribution in [0.25, 0.3) is 6.08 Å². The lowest BCUT2D eigenvalue weighted by Gasteiger charge is -2.12. The number of ether oxygens (including phenoxy) is 2. The summed E-state index contributed by atoms with van der Waals surface area (Å²) in [5.41, 5.74) is 2.08. The molecule has 2 aromatic rings. The number of esters is 1. The average Bonchev–Trinajstić information content (AvgIpc) is 3.02. The van der Waals surface area contributed by atoms with Gasteiger partial charge in [0.1, 0.15) is 18.0 Å². The molecule has 0 bridgehead atoms. The highest BCUT2D eigenvalue weighted by molar-refractivity contribution is 6.16. The van der Waals surface area contributed by atoms with Gasteiger partial charge in [0.15, 0.2) is 6.61 Å². The molecule has 9 nitrogen and oxygen atoms in total. The molecular weight excluding hydrogens is 414 g/mol. The summed E-state index contributed by atoms with van der Waals surface area (Å²) in [5.74, 6) is -1.33. The highest BCUT2D eigenvalue weighted by Crippen LogP contribution is 2.23. The van der Waals surface area contributed by atoms with Crippen molar-refractivity contribution in [2.24, 2.45) is 0 Å². The number of nitrogens with one attached hydrogen (secondary N) is 2. The third-order valence-electron chi connectivity index (χ3n) is 4.47. The Kier molecular flexibility index (Phi) is 7.22. The number of carbonyl (C=O) groups is 4. The Labute approximate surface area is 185 Å². The zero-order chi connectivity index (χ0) is 23.1. The van der Waals surface area contributed by atoms with Crippen LogP contribution in [0.15, 0.2) is 54.2 Å². The first-order valence-electron chi connectivity index (χ1n) is 9.96. The van der Waals surface area contributed by atoms with Gasteiger partial charge in [-0.05, 0) is 38.1 Å². The van der Waals surface area contributed by atoms with Crippen molar-refractivity contribution < 1.29 is 28.7 Å². The number of carbonyl (C=O) groups excluding carboxylic acids is 4. The van der Waals surface area contributed by atoms with Gasteiger partial charge >= 0.3 is 12.0 Å². The molecule has 0 radical (unpaired) electrons. The van der Waals surface area contributed by atoms with E-state index >= 15 is 0 Å². The Bertz CT molecular complexity index is 1060. The van der Waals surface area contributed by atoms with E-state index in [0.29, 0.717) is 17.0 Å². The Morgan fingerprint density at radius 1 is 1.09 bits per heavy atom. The molecule has 4 amide bonds. The van der Waals surface area contributed by atoms with Gasteiger partial charge in [0.2, 0.25) is 5.91 Å². The van der Waals surface area contributed by atoms with Crippen molar-refractivity contribution in [1.29, 1.82) is 0 Å². The number of aryl methyl sites for hydroxylation is 1. The summed E-state index contributed by atoms with van der Waals surface area (Å²) in [6.45, 7) is 3.13. The largest absolute Gasteiger partial charge is 0.481 e. The van der Waals surface area contributed by atoms with Crippen LogP contribution in [0.4, 0.5) is 10.5 Å². The molecule has 0 unspecified atom stereocenters. The Balaban J connectivity index is 1.68. The fraction of sp³-hybridized carbons (Fsp3) is 0.217. The number of amides is 4. The maximum absolute atomic E-state index is 12.7. The van der Waals surface area contributed by atoms with Gasteiger partial charge in [-0.1, -0.05) is 35.9 Å². The first kappa shape index (κ1) is 22.5. The molecule has 2 aromatic carbocycles. The Hall–Kier alpha value is -4.14. The first-order valence-corrected chi connectivity index (χ1v) is 9.96. The second-order valence-electron chi connectivity index (χ2n) is 6.93. The number of nitrogens with zero attached hydrogens (tertiary/aromatic N) is 1. The molecule has 0 spiro atoms. The third kappa shape index (κ3) is 5.72. The zero-order valence-electron chi connectivity index (χ0n) is 17.7. The Morgan fingerprint density at radius 3 is 2.53 bits per heavy atom. The predicted molar refractivity (Wildman–Crippen MR) is 117 cm³/mol. The van der Waals surface area contributed by atoms with Gasteiger partial charge in [-0.2, -0.15) is 0 Å². The lowest BCUT2D eigenvalue weighted by atomic mass is 10.1. The van der Waals surface area contributed by atoms with E-state index in [-0.39, 0.29) is 18.9 Å². The summed E-state index contributed by atoms with van der Waals surface area (Å²) in [6.07, 6.45) is 1.43. The first-order chi connectivity index (χ1) is 15.4. The maximum atomic E-state index is 12.7. The van der Waals surface area contributed by atoms with Crippen LogP contribution in [-0.2, 0) is 19.1 Å². The molecule has 0 saturated carbocycles. The number of imide groups is 1. The van der Waals surface area contributed by atoms with Crippen molar-refractivity contribution in [2.45, 2.75) is 13.8 Å². The molecule has 0 aromatic heterocycles. The SMILES string of the molecule is CCOC(=O)COc1ccccc1C=C1NC(=O)N(CC(=O)Nc2ccc(C)cc2)C1=O. The molecule has 1 aliphatic rings. The number of benzene rings is 2. The van der Waals surface area contributed by atoms with Crippen LogP contribution in [0.5, 0.6) is 5.75 Å². The lowest BCUT2D eigenvalue weighted by Crippen LogP contribution is -2.38. The quantitative estimate of drug-likeness (QED) is 0.373. The van der Waals surface area contributed by atoms with E-state index in [1.165, 1.54) is 6.08 Å². The topological polar surface area (TPSA) is 114 Å². The number of rotatable bonds is 8. The molecule has 1 fully saturated rings. The van der Waals surface area contributed by atoms with Crippen LogP contribution in [0.3, 0.4) is 0 Å². The van der Waals surface area contributed by atoms with Gasteiger partial charge in [-0.25, -0.2) is 14.5 Å². The van der Waals surface area contributed by atoms with Crippen LogP contribution in [-0.4, -0.2) is 48.5 Å². The molecule has 0 atom stereocenters. The van der Waals surface area contributed by atoms with Crippen LogP contribution >= 0.6 is 0 Å². The lowest BCUT2D eigenvalue weighted by molar-refractivity contribution is -0.145. The van der Waals surface area contributed by atoms with Crippen molar-refractivity contribution in [3.63, 3.8) is 0 Å². The van der Waals surface area contributed by atoms with Crippen molar-refractivity contribution in [1.82, 2.24) is 10.2 Å². The molecule has 2 N–H and O–H groups in total. The second kappa shape index (κ2) is 10.3. The Morgan fingerprint density at radius 2 is 1.81 bits per heavy atom. The molecular formula is C23H23N3O6. The molecule has 166 valence electrons. The van der Waals surface area contributed by atoms with Crippen LogP contribution in [0.2, 0.25) is 0 Å². The van der Waals surface area contributed by atoms with Gasteiger partial charge in [0, 0.05) is 11.3 Å². The minimum atomic E-state index is -0.703. The monoisotopic (exact) mass is 437 g/mol. The van der Waals surface area contributed by atoms with Crippen LogP contribution < -0.4 is 15.4 Å². The van der Waals surface area contributed by atoms with Crippen molar-refractivity contribution in [3.05, 3.63) is 65.4 Å². The summed E-state index contributed by atoms with van der Waals surface area (Å²) < 4.78 is 10.3. The number of para-hydroxylation sites is 1. The van der Waals surface area contributed by atoms with E-state index in [9.17, 15) is 19.2 Å². The van der Waals surface area contributed by atoms with E-state index in [1.807, 2.05) is 19.1 Å². The molecule has 1 saturated heterocycles. The minimum Gasteiger partial charge on any atom is -0.481 e. The molecule has 0 aliphatic carbocycles. The smallest absolute Gasteiger partial charge is 0.344 e. The average molecular weight is 437 g/mol. The van der Waals surface area contributed by atoms with E-state index in [1.54, 1.807) is 43.3 Å². The summed E-state index contributed by atoms with van der Waals surface area (Å²) in [4.78, 5) is 49.6. The summed E-state index contributed by atoms with van der Waals surface area (Å²) in [6, 6.07) is 13.2. The highest BCUT2D eigenvalue weighted by atomic mass is 16.6. The van der Waals surface area contributed by atoms with E-state index in [0.717, 1.165) is 10.5 Å². The van der Waals surface area contributed by atoms with Gasteiger partial charge in [-0.3, -0.25) is 9.59 Å². The van der Waals surface area contributed by atoms with Crippen LogP contribution in [0.1, 0.15) is 18.1 Å². The number of anilines is 1. The predicted octanol–water partition coefficient (Wildman–Crippen LogP) is 2.47. The molecule has 1 heterocycles. The minimum absolute atomic E-state index is 0.00896. The van der Waals surface area contributed by atoms with Gasteiger partial charge in [0.25, 0.3) is 5.91 Å². The second-order valence-corrected chi connectivity index (χ2v) is 6.93. The fourth-order valence-corrected chi connectivity index (χ4v) is 2.92. The van der Waals surface area contributed by atoms with E-state index < -0.39 is 30.4 Å². The zero-order valence-corrected chi connectivity index (χ0v) is 17.7. The molecule has 1 aliphatic heterocycles. The summed E-state index contributed by atoms with van der Waals surface area (Å²) in [5, 5.41) is 5.12. The molecule has 3 rings (SSSR count). The summed E-state index contributed by atoms with van der Waals surface area (Å²) >= 11 is 0. The van der Waals surface area contributed by atoms with Crippen molar-refractivity contribution >= 4 is 35.6 Å². The van der Waals surface area contributed by atoms with E-state index in [4.69, 9.17) is 9.47 Å². The molecule has 32 heavy (non-hydrogen) atoms. The van der Waals surface area contributed by atoms with Crippen molar-refractivity contribution in [2.75, 3.05) is 25.1 Å². The standard InChI is InChI=1S/C23H23N3O6/c1-3-31-21(28)14-32-19-7-5-4-6-16(19)12-18-22(29)26(23(30)25-18)13-20(27)24-17-10-8-15(2)9-11-17/h4-12H,3,13-14H2,1-2H3,(H,24,27)(H,25,30). The number of hydrogen-bond donors (Lipinski definition) is 2. The third-order valence-corrected chi connectivity index (χ3v) is 4.47. The van der Waals surface area contributed by atoms with Gasteiger partial charge in [-0.15, -0.1) is 0 Å². The van der Waals surface area contributed by atoms with Crippen molar-refractivity contribution in [3.8, 4) is 5.75 Å². The number of hydrogen-bond acceptors (Lipinski definition) is 6. The highest BCUT2D eigenvalue weighted by Gasteiger charge is 2.35.